The minimum Gasteiger partial charge on any atom is -0.222 e. The third-order valence-electron chi connectivity index (χ3n) is 2.74. The summed E-state index contributed by atoms with van der Waals surface area (Å²) in [5.41, 5.74) is 3.49. The zero-order valence-corrected chi connectivity index (χ0v) is 17.0. The lowest BCUT2D eigenvalue weighted by Crippen LogP contribution is -2.68. The third-order valence-corrected chi connectivity index (χ3v) is 5.78. The molecule has 0 aliphatic carbocycles. The molecule has 0 bridgehead atoms. The van der Waals surface area contributed by atoms with Gasteiger partial charge in [0.25, 0.3) is 0 Å². The summed E-state index contributed by atoms with van der Waals surface area (Å²) in [4.78, 5) is 2.76. The predicted octanol–water partition coefficient (Wildman–Crippen LogP) is -0.152. The van der Waals surface area contributed by atoms with Crippen LogP contribution in [-0.2, 0) is 10.9 Å². The fourth-order valence-corrected chi connectivity index (χ4v) is 4.39. The Bertz CT molecular complexity index is 643. The Morgan fingerprint density at radius 3 is 1.48 bits per heavy atom. The van der Waals surface area contributed by atoms with E-state index in [1.165, 1.54) is 9.79 Å². The largest absolute Gasteiger partial charge is 0.222 e. The van der Waals surface area contributed by atoms with Crippen molar-refractivity contribution in [3.63, 3.8) is 0 Å². The van der Waals surface area contributed by atoms with Crippen LogP contribution in [0.1, 0.15) is 0 Å². The molecule has 0 amide bonds. The van der Waals surface area contributed by atoms with Gasteiger partial charge in [0.05, 0.1) is 10.9 Å². The zero-order chi connectivity index (χ0) is 18.9. The Morgan fingerprint density at radius 2 is 1.16 bits per heavy atom. The van der Waals surface area contributed by atoms with Crippen molar-refractivity contribution in [2.75, 3.05) is 5.75 Å². The summed E-state index contributed by atoms with van der Waals surface area (Å²) in [5, 5.41) is 0. The molecule has 2 aromatic rings. The summed E-state index contributed by atoms with van der Waals surface area (Å²) in [5.74, 6) is 4.38. The van der Waals surface area contributed by atoms with Gasteiger partial charge in [0.1, 0.15) is 8.07 Å². The number of hydrogen-bond acceptors (Lipinski definition) is 4. The lowest BCUT2D eigenvalue weighted by molar-refractivity contribution is -2.00. The van der Waals surface area contributed by atoms with Crippen molar-refractivity contribution in [3.8, 4) is 11.5 Å². The van der Waals surface area contributed by atoms with Crippen molar-refractivity contribution >= 4 is 19.0 Å². The van der Waals surface area contributed by atoms with Gasteiger partial charge < -0.3 is 0 Å². The first-order valence-electron chi connectivity index (χ1n) is 7.49. The summed E-state index contributed by atoms with van der Waals surface area (Å²) in [6, 6.07) is 21.5. The van der Waals surface area contributed by atoms with Crippen molar-refractivity contribution in [3.05, 3.63) is 60.7 Å². The fraction of sp³-hybridized carbons (Fsp3) is 0.222. The van der Waals surface area contributed by atoms with Crippen LogP contribution in [0.2, 0.25) is 19.6 Å². The highest BCUT2D eigenvalue weighted by Crippen LogP contribution is 2.22. The molecule has 0 spiro atoms. The molecule has 0 fully saturated rings. The third kappa shape index (κ3) is 11.0. The average Bonchev–Trinajstić information content (AvgIpc) is 2.51. The van der Waals surface area contributed by atoms with Crippen LogP contribution in [0.25, 0.3) is 0 Å². The standard InChI is InChI=1S/C18H21SSi.ClHO4/c1-20(2,3)16-10-15-19(17-11-6-4-7-12-17)18-13-8-5-9-14-18;2-1(3,4)5/h4-9,11-14H,15H2,1-3H3;(H,2,3,4,5)/q+1;/p-1. The molecular formula is C18H21ClO4SSi. The van der Waals surface area contributed by atoms with Gasteiger partial charge in [-0.2, -0.15) is 0 Å². The van der Waals surface area contributed by atoms with Crippen molar-refractivity contribution < 1.29 is 28.9 Å². The summed E-state index contributed by atoms with van der Waals surface area (Å²) in [6.07, 6.45) is 0. The first kappa shape index (κ1) is 21.7. The fourth-order valence-electron chi connectivity index (χ4n) is 1.85. The monoisotopic (exact) mass is 396 g/mol. The van der Waals surface area contributed by atoms with E-state index < -0.39 is 18.3 Å². The molecule has 0 unspecified atom stereocenters. The lowest BCUT2D eigenvalue weighted by atomic mass is 10.4. The Kier molecular flexibility index (Phi) is 8.69. The van der Waals surface area contributed by atoms with Crippen LogP contribution >= 0.6 is 0 Å². The first-order valence-corrected chi connectivity index (χ1v) is 13.6. The Balaban J connectivity index is 0.000000550. The molecular weight excluding hydrogens is 376 g/mol. The van der Waals surface area contributed by atoms with E-state index in [1.54, 1.807) is 0 Å². The van der Waals surface area contributed by atoms with Crippen LogP contribution < -0.4 is 18.6 Å². The van der Waals surface area contributed by atoms with Gasteiger partial charge in [-0.1, -0.05) is 62.0 Å². The molecule has 25 heavy (non-hydrogen) atoms. The molecule has 0 saturated carbocycles. The Hall–Kier alpha value is -1.30. The number of rotatable bonds is 3. The van der Waals surface area contributed by atoms with E-state index >= 15 is 0 Å². The number of halogens is 1. The van der Waals surface area contributed by atoms with Crippen LogP contribution in [0.15, 0.2) is 70.5 Å². The Labute approximate surface area is 155 Å². The van der Waals surface area contributed by atoms with Gasteiger partial charge in [0.2, 0.25) is 0 Å². The van der Waals surface area contributed by atoms with Crippen molar-refractivity contribution in [2.24, 2.45) is 0 Å². The predicted molar refractivity (Wildman–Crippen MR) is 92.8 cm³/mol. The summed E-state index contributed by atoms with van der Waals surface area (Å²) in [6.45, 7) is 6.88. The normalized spacial score (nSPS) is 11.2. The molecule has 134 valence electrons. The van der Waals surface area contributed by atoms with Crippen LogP contribution in [0.4, 0.5) is 0 Å². The van der Waals surface area contributed by atoms with Gasteiger partial charge in [-0.15, -0.1) is 15.8 Å². The summed E-state index contributed by atoms with van der Waals surface area (Å²) in [7, 11) is -6.16. The molecule has 0 radical (unpaired) electrons. The molecule has 4 nitrogen and oxygen atoms in total. The van der Waals surface area contributed by atoms with Gasteiger partial charge >= 0.3 is 0 Å². The zero-order valence-electron chi connectivity index (χ0n) is 14.4. The molecule has 0 N–H and O–H groups in total. The van der Waals surface area contributed by atoms with E-state index in [9.17, 15) is 0 Å². The topological polar surface area (TPSA) is 92.2 Å². The highest BCUT2D eigenvalue weighted by Gasteiger charge is 2.23. The second-order valence-corrected chi connectivity index (χ2v) is 13.6. The highest BCUT2D eigenvalue weighted by molar-refractivity contribution is 7.97. The van der Waals surface area contributed by atoms with E-state index in [2.05, 4.69) is 91.8 Å². The maximum absolute atomic E-state index is 8.49. The second kappa shape index (κ2) is 9.99. The van der Waals surface area contributed by atoms with E-state index in [-0.39, 0.29) is 10.9 Å². The maximum Gasteiger partial charge on any atom is 0.178 e. The van der Waals surface area contributed by atoms with Gasteiger partial charge in [-0.25, -0.2) is 18.6 Å². The van der Waals surface area contributed by atoms with Crippen LogP contribution in [-0.4, -0.2) is 13.8 Å². The van der Waals surface area contributed by atoms with Crippen LogP contribution in [0.3, 0.4) is 0 Å². The van der Waals surface area contributed by atoms with Crippen molar-refractivity contribution in [1.82, 2.24) is 0 Å². The highest BCUT2D eigenvalue weighted by atomic mass is 35.7. The quantitative estimate of drug-likeness (QED) is 0.409. The molecule has 0 atom stereocenters. The molecule has 0 aliphatic rings. The Morgan fingerprint density at radius 1 is 0.800 bits per heavy atom. The van der Waals surface area contributed by atoms with Gasteiger partial charge in [0.15, 0.2) is 15.5 Å². The molecule has 0 aromatic heterocycles. The SMILES string of the molecule is C[Si](C)(C)C#CC[S+](c1ccccc1)c1ccccc1.[O-][Cl+3]([O-])([O-])[O-]. The molecule has 2 aromatic carbocycles. The minimum atomic E-state index is -4.94. The lowest BCUT2D eigenvalue weighted by Gasteiger charge is -2.17. The summed E-state index contributed by atoms with van der Waals surface area (Å²) < 4.78 is 34.0. The second-order valence-electron chi connectivity index (χ2n) is 6.09. The van der Waals surface area contributed by atoms with Crippen molar-refractivity contribution in [2.45, 2.75) is 29.4 Å². The summed E-state index contributed by atoms with van der Waals surface area (Å²) >= 11 is 0. The van der Waals surface area contributed by atoms with Gasteiger partial charge in [-0.05, 0) is 24.3 Å². The van der Waals surface area contributed by atoms with E-state index in [1.807, 2.05) is 0 Å². The molecule has 0 saturated heterocycles. The molecule has 0 heterocycles. The number of benzene rings is 2. The van der Waals surface area contributed by atoms with Gasteiger partial charge in [-0.3, -0.25) is 0 Å². The first-order chi connectivity index (χ1) is 11.6. The molecule has 0 aliphatic heterocycles. The van der Waals surface area contributed by atoms with E-state index in [4.69, 9.17) is 18.6 Å². The van der Waals surface area contributed by atoms with Gasteiger partial charge in [0, 0.05) is 0 Å². The van der Waals surface area contributed by atoms with E-state index in [0.29, 0.717) is 0 Å². The van der Waals surface area contributed by atoms with Crippen molar-refractivity contribution in [1.29, 1.82) is 0 Å². The number of hydrogen-bond donors (Lipinski definition) is 0. The smallest absolute Gasteiger partial charge is 0.178 e. The van der Waals surface area contributed by atoms with Crippen LogP contribution in [0, 0.1) is 21.7 Å². The van der Waals surface area contributed by atoms with E-state index in [0.717, 1.165) is 5.75 Å². The molecule has 2 rings (SSSR count). The average molecular weight is 397 g/mol. The van der Waals surface area contributed by atoms with Crippen LogP contribution in [0.5, 0.6) is 0 Å². The minimum absolute atomic E-state index is 0.0627. The maximum atomic E-state index is 8.49. The molecule has 7 heteroatoms.